The molecule has 1 atom stereocenters. The SMILES string of the molecule is CC/C=C\C/C=C\C/C=C\C/C=C\C/C=C\CCCCCC(=O)OC(COC(=O)CCCCCCCCCCCCCCCCCCCCC)COC(=O)CCCCCCCCCCCCCCCCCCCCCCCCCC. The highest BCUT2D eigenvalue weighted by atomic mass is 16.6. The maximum Gasteiger partial charge on any atom is 0.306 e. The zero-order chi connectivity index (χ0) is 57.8. The molecule has 0 amide bonds. The van der Waals surface area contributed by atoms with Crippen molar-refractivity contribution >= 4 is 17.9 Å². The Bertz CT molecular complexity index is 1430. The second-order valence-corrected chi connectivity index (χ2v) is 23.8. The van der Waals surface area contributed by atoms with Gasteiger partial charge in [-0.2, -0.15) is 0 Å². The van der Waals surface area contributed by atoms with Crippen LogP contribution in [0.4, 0.5) is 0 Å². The van der Waals surface area contributed by atoms with Crippen molar-refractivity contribution in [2.75, 3.05) is 13.2 Å². The summed E-state index contributed by atoms with van der Waals surface area (Å²) < 4.78 is 17.0. The van der Waals surface area contributed by atoms with E-state index < -0.39 is 6.10 Å². The fraction of sp³-hybridized carbons (Fsp3) is 0.824. The molecule has 6 nitrogen and oxygen atoms in total. The number of ether oxygens (including phenoxy) is 3. The minimum atomic E-state index is -0.791. The van der Waals surface area contributed by atoms with E-state index in [1.807, 2.05) is 0 Å². The molecule has 466 valence electrons. The third-order valence-corrected chi connectivity index (χ3v) is 15.8. The summed E-state index contributed by atoms with van der Waals surface area (Å²) in [5.41, 5.74) is 0. The highest BCUT2D eigenvalue weighted by Gasteiger charge is 2.19. The van der Waals surface area contributed by atoms with Crippen LogP contribution in [0.2, 0.25) is 0 Å². The van der Waals surface area contributed by atoms with E-state index in [9.17, 15) is 14.4 Å². The molecule has 0 aliphatic rings. The van der Waals surface area contributed by atoms with E-state index in [1.54, 1.807) is 0 Å². The zero-order valence-electron chi connectivity index (χ0n) is 53.6. The van der Waals surface area contributed by atoms with Crippen molar-refractivity contribution in [3.05, 3.63) is 60.8 Å². The lowest BCUT2D eigenvalue weighted by Crippen LogP contribution is -2.30. The second kappa shape index (κ2) is 68.6. The van der Waals surface area contributed by atoms with Crippen LogP contribution >= 0.6 is 0 Å². The van der Waals surface area contributed by atoms with Gasteiger partial charge in [0, 0.05) is 19.3 Å². The molecule has 0 aromatic rings. The molecule has 0 spiro atoms. The Labute approximate surface area is 498 Å². The van der Waals surface area contributed by atoms with Crippen molar-refractivity contribution in [3.8, 4) is 0 Å². The molecular formula is C74H134O6. The Balaban J connectivity index is 4.34. The van der Waals surface area contributed by atoms with E-state index in [4.69, 9.17) is 14.2 Å². The number of hydrogen-bond donors (Lipinski definition) is 0. The van der Waals surface area contributed by atoms with Gasteiger partial charge in [-0.25, -0.2) is 0 Å². The van der Waals surface area contributed by atoms with Gasteiger partial charge in [0.05, 0.1) is 0 Å². The quantitative estimate of drug-likeness (QED) is 0.0261. The van der Waals surface area contributed by atoms with Gasteiger partial charge in [0.25, 0.3) is 0 Å². The first-order valence-electron chi connectivity index (χ1n) is 35.3. The minimum absolute atomic E-state index is 0.0828. The van der Waals surface area contributed by atoms with E-state index in [1.165, 1.54) is 238 Å². The molecule has 0 saturated carbocycles. The van der Waals surface area contributed by atoms with Crippen molar-refractivity contribution in [1.29, 1.82) is 0 Å². The van der Waals surface area contributed by atoms with E-state index in [0.29, 0.717) is 19.3 Å². The highest BCUT2D eigenvalue weighted by molar-refractivity contribution is 5.71. The molecule has 0 rings (SSSR count). The monoisotopic (exact) mass is 1120 g/mol. The molecule has 0 fully saturated rings. The predicted octanol–water partition coefficient (Wildman–Crippen LogP) is 24.3. The van der Waals surface area contributed by atoms with Crippen molar-refractivity contribution in [2.24, 2.45) is 0 Å². The second-order valence-electron chi connectivity index (χ2n) is 23.8. The van der Waals surface area contributed by atoms with Crippen molar-refractivity contribution < 1.29 is 28.6 Å². The molecule has 0 aromatic heterocycles. The largest absolute Gasteiger partial charge is 0.462 e. The zero-order valence-corrected chi connectivity index (χ0v) is 53.6. The number of carbonyl (C=O) groups excluding carboxylic acids is 3. The Morgan fingerprint density at radius 2 is 0.487 bits per heavy atom. The molecular weight excluding hydrogens is 985 g/mol. The van der Waals surface area contributed by atoms with E-state index in [-0.39, 0.29) is 31.1 Å². The van der Waals surface area contributed by atoms with Crippen molar-refractivity contribution in [1.82, 2.24) is 0 Å². The summed E-state index contributed by atoms with van der Waals surface area (Å²) in [5.74, 6) is -0.888. The number of unbranched alkanes of at least 4 members (excludes halogenated alkanes) is 44. The van der Waals surface area contributed by atoms with Crippen LogP contribution in [0, 0.1) is 0 Å². The number of hydrogen-bond acceptors (Lipinski definition) is 6. The van der Waals surface area contributed by atoms with Crippen LogP contribution in [0.5, 0.6) is 0 Å². The van der Waals surface area contributed by atoms with Gasteiger partial charge < -0.3 is 14.2 Å². The normalized spacial score (nSPS) is 12.4. The first-order valence-corrected chi connectivity index (χ1v) is 35.3. The summed E-state index contributed by atoms with van der Waals surface area (Å²) in [6.45, 7) is 6.57. The predicted molar refractivity (Wildman–Crippen MR) is 348 cm³/mol. The van der Waals surface area contributed by atoms with Crippen LogP contribution in [-0.2, 0) is 28.6 Å². The Morgan fingerprint density at radius 1 is 0.263 bits per heavy atom. The lowest BCUT2D eigenvalue weighted by molar-refractivity contribution is -0.167. The summed E-state index contributed by atoms with van der Waals surface area (Å²) >= 11 is 0. The summed E-state index contributed by atoms with van der Waals surface area (Å²) in [7, 11) is 0. The Morgan fingerprint density at radius 3 is 0.762 bits per heavy atom. The summed E-state index contributed by atoms with van der Waals surface area (Å²) in [6.07, 6.45) is 88.2. The van der Waals surface area contributed by atoms with Crippen LogP contribution in [0.1, 0.15) is 374 Å². The highest BCUT2D eigenvalue weighted by Crippen LogP contribution is 2.18. The molecule has 0 aromatic carbocycles. The molecule has 0 N–H and O–H groups in total. The van der Waals surface area contributed by atoms with Gasteiger partial charge in [0.15, 0.2) is 6.10 Å². The van der Waals surface area contributed by atoms with Gasteiger partial charge in [-0.15, -0.1) is 0 Å². The topological polar surface area (TPSA) is 78.9 Å². The average molecular weight is 1120 g/mol. The first-order chi connectivity index (χ1) is 39.5. The molecule has 0 radical (unpaired) electrons. The van der Waals surface area contributed by atoms with Crippen LogP contribution in [0.25, 0.3) is 0 Å². The molecule has 0 heterocycles. The summed E-state index contributed by atoms with van der Waals surface area (Å²) in [6, 6.07) is 0. The molecule has 0 aliphatic heterocycles. The van der Waals surface area contributed by atoms with E-state index in [0.717, 1.165) is 96.3 Å². The third-order valence-electron chi connectivity index (χ3n) is 15.8. The number of esters is 3. The van der Waals surface area contributed by atoms with Crippen molar-refractivity contribution in [3.63, 3.8) is 0 Å². The summed E-state index contributed by atoms with van der Waals surface area (Å²) in [4.78, 5) is 38.5. The molecule has 0 aliphatic carbocycles. The summed E-state index contributed by atoms with van der Waals surface area (Å²) in [5, 5.41) is 0. The lowest BCUT2D eigenvalue weighted by atomic mass is 10.0. The van der Waals surface area contributed by atoms with Gasteiger partial charge >= 0.3 is 17.9 Å². The number of carbonyl (C=O) groups is 3. The minimum Gasteiger partial charge on any atom is -0.462 e. The maximum atomic E-state index is 12.9. The standard InChI is InChI=1S/C74H134O6/c1-4-7-10-13-16-19-22-25-28-31-34-35-36-37-38-41-43-46-49-52-55-58-61-64-67-73(76)79-70-71(80-74(77)68-65-62-59-56-53-50-47-44-40-33-30-27-24-21-18-15-12-9-6-3)69-78-72(75)66-63-60-57-54-51-48-45-42-39-32-29-26-23-20-17-14-11-8-5-2/h9,12,18,21,27,30,40,44,50,53,71H,4-8,10-11,13-17,19-20,22-26,28-29,31-39,41-43,45-49,51-52,54-70H2,1-3H3/b12-9-,21-18-,30-27-,44-40-,53-50-. The average Bonchev–Trinajstić information content (AvgIpc) is 3.46. The number of rotatable bonds is 65. The number of allylic oxidation sites excluding steroid dienone is 10. The smallest absolute Gasteiger partial charge is 0.306 e. The van der Waals surface area contributed by atoms with Crippen LogP contribution in [-0.4, -0.2) is 37.2 Å². The van der Waals surface area contributed by atoms with E-state index >= 15 is 0 Å². The van der Waals surface area contributed by atoms with Gasteiger partial charge in [-0.1, -0.05) is 351 Å². The molecule has 80 heavy (non-hydrogen) atoms. The Kier molecular flexibility index (Phi) is 66.1. The Hall–Kier alpha value is -2.89. The van der Waals surface area contributed by atoms with Gasteiger partial charge in [-0.3, -0.25) is 14.4 Å². The maximum absolute atomic E-state index is 12.9. The van der Waals surface area contributed by atoms with Gasteiger partial charge in [-0.05, 0) is 64.2 Å². The van der Waals surface area contributed by atoms with Gasteiger partial charge in [0.1, 0.15) is 13.2 Å². The van der Waals surface area contributed by atoms with Gasteiger partial charge in [0.2, 0.25) is 0 Å². The van der Waals surface area contributed by atoms with Crippen molar-refractivity contribution in [2.45, 2.75) is 380 Å². The molecule has 0 saturated heterocycles. The molecule has 6 heteroatoms. The fourth-order valence-electron chi connectivity index (χ4n) is 10.5. The lowest BCUT2D eigenvalue weighted by Gasteiger charge is -2.18. The molecule has 0 bridgehead atoms. The van der Waals surface area contributed by atoms with Crippen LogP contribution in [0.3, 0.4) is 0 Å². The van der Waals surface area contributed by atoms with Crippen LogP contribution < -0.4 is 0 Å². The van der Waals surface area contributed by atoms with Crippen LogP contribution in [0.15, 0.2) is 60.8 Å². The fourth-order valence-corrected chi connectivity index (χ4v) is 10.5. The molecule has 1 unspecified atom stereocenters. The first kappa shape index (κ1) is 77.1. The van der Waals surface area contributed by atoms with E-state index in [2.05, 4.69) is 81.5 Å². The third kappa shape index (κ3) is 65.9.